The van der Waals surface area contributed by atoms with Crippen molar-refractivity contribution in [3.05, 3.63) is 17.7 Å². The van der Waals surface area contributed by atoms with Crippen molar-refractivity contribution in [2.75, 3.05) is 17.6 Å². The van der Waals surface area contributed by atoms with E-state index in [1.807, 2.05) is 12.1 Å². The summed E-state index contributed by atoms with van der Waals surface area (Å²) in [6, 6.07) is 3.97. The SMILES string of the molecule is CCCCNc1cc(SCC(C)=O)cc(CCCC)c1O. The summed E-state index contributed by atoms with van der Waals surface area (Å²) in [5.41, 5.74) is 1.77. The molecule has 1 aromatic carbocycles. The van der Waals surface area contributed by atoms with Gasteiger partial charge in [0.05, 0.1) is 11.4 Å². The van der Waals surface area contributed by atoms with Crippen LogP contribution in [0, 0.1) is 0 Å². The molecule has 1 aromatic rings. The zero-order chi connectivity index (χ0) is 15.7. The van der Waals surface area contributed by atoms with Gasteiger partial charge in [-0.2, -0.15) is 0 Å². The van der Waals surface area contributed by atoms with Crippen LogP contribution in [0.4, 0.5) is 5.69 Å². The second-order valence-corrected chi connectivity index (χ2v) is 6.40. The third-order valence-electron chi connectivity index (χ3n) is 3.25. The predicted octanol–water partition coefficient (Wildman–Crippen LogP) is 4.63. The number of hydrogen-bond acceptors (Lipinski definition) is 4. The lowest BCUT2D eigenvalue weighted by molar-refractivity contribution is -0.114. The number of Topliss-reactive ketones (excluding diaryl/α,β-unsaturated/α-hetero) is 1. The normalized spacial score (nSPS) is 10.6. The van der Waals surface area contributed by atoms with Gasteiger partial charge in [-0.15, -0.1) is 11.8 Å². The Balaban J connectivity index is 2.91. The fourth-order valence-corrected chi connectivity index (χ4v) is 2.82. The van der Waals surface area contributed by atoms with E-state index in [9.17, 15) is 9.90 Å². The number of carbonyl (C=O) groups excluding carboxylic acids is 1. The molecule has 0 unspecified atom stereocenters. The quantitative estimate of drug-likeness (QED) is 0.376. The monoisotopic (exact) mass is 309 g/mol. The molecule has 0 bridgehead atoms. The van der Waals surface area contributed by atoms with E-state index in [2.05, 4.69) is 19.2 Å². The lowest BCUT2D eigenvalue weighted by Gasteiger charge is -2.14. The number of aromatic hydroxyl groups is 1. The molecular weight excluding hydrogens is 282 g/mol. The maximum Gasteiger partial charge on any atom is 0.141 e. The van der Waals surface area contributed by atoms with Crippen molar-refractivity contribution in [3.8, 4) is 5.75 Å². The van der Waals surface area contributed by atoms with Crippen LogP contribution in [0.2, 0.25) is 0 Å². The summed E-state index contributed by atoms with van der Waals surface area (Å²) in [7, 11) is 0. The van der Waals surface area contributed by atoms with E-state index in [0.717, 1.165) is 54.8 Å². The minimum absolute atomic E-state index is 0.170. The van der Waals surface area contributed by atoms with Crippen LogP contribution in [-0.4, -0.2) is 23.2 Å². The number of ketones is 1. The molecule has 3 nitrogen and oxygen atoms in total. The van der Waals surface area contributed by atoms with Gasteiger partial charge < -0.3 is 10.4 Å². The van der Waals surface area contributed by atoms with Gasteiger partial charge in [-0.3, -0.25) is 4.79 Å². The number of aryl methyl sites for hydroxylation is 1. The van der Waals surface area contributed by atoms with Crippen molar-refractivity contribution >= 4 is 23.2 Å². The fourth-order valence-electron chi connectivity index (χ4n) is 2.03. The zero-order valence-electron chi connectivity index (χ0n) is 13.4. The molecule has 2 N–H and O–H groups in total. The molecule has 0 aliphatic rings. The Bertz CT molecular complexity index is 460. The first-order chi connectivity index (χ1) is 10.1. The highest BCUT2D eigenvalue weighted by atomic mass is 32.2. The number of thioether (sulfide) groups is 1. The molecule has 1 rings (SSSR count). The number of phenols is 1. The Morgan fingerprint density at radius 3 is 2.57 bits per heavy atom. The van der Waals surface area contributed by atoms with E-state index in [4.69, 9.17) is 0 Å². The van der Waals surface area contributed by atoms with Crippen LogP contribution in [0.5, 0.6) is 5.75 Å². The smallest absolute Gasteiger partial charge is 0.141 e. The minimum Gasteiger partial charge on any atom is -0.505 e. The molecule has 0 saturated heterocycles. The number of nitrogens with one attached hydrogen (secondary N) is 1. The molecule has 0 radical (unpaired) electrons. The average molecular weight is 309 g/mol. The maximum atomic E-state index is 11.2. The molecule has 0 amide bonds. The van der Waals surface area contributed by atoms with Gasteiger partial charge in [-0.1, -0.05) is 26.7 Å². The molecule has 118 valence electrons. The third-order valence-corrected chi connectivity index (χ3v) is 4.37. The second kappa shape index (κ2) is 9.72. The fraction of sp³-hybridized carbons (Fsp3) is 0.588. The van der Waals surface area contributed by atoms with E-state index < -0.39 is 0 Å². The van der Waals surface area contributed by atoms with Crippen LogP contribution in [0.3, 0.4) is 0 Å². The van der Waals surface area contributed by atoms with Crippen molar-refractivity contribution < 1.29 is 9.90 Å². The van der Waals surface area contributed by atoms with Crippen LogP contribution in [0.25, 0.3) is 0 Å². The molecule has 0 aromatic heterocycles. The molecule has 0 heterocycles. The maximum absolute atomic E-state index is 11.2. The molecule has 0 aliphatic heterocycles. The van der Waals surface area contributed by atoms with Gasteiger partial charge >= 0.3 is 0 Å². The van der Waals surface area contributed by atoms with Crippen molar-refractivity contribution in [2.24, 2.45) is 0 Å². The van der Waals surface area contributed by atoms with E-state index in [1.54, 1.807) is 6.92 Å². The van der Waals surface area contributed by atoms with Gasteiger partial charge in [-0.25, -0.2) is 0 Å². The second-order valence-electron chi connectivity index (χ2n) is 5.35. The average Bonchev–Trinajstić information content (AvgIpc) is 2.46. The molecule has 0 aliphatic carbocycles. The highest BCUT2D eigenvalue weighted by Crippen LogP contribution is 2.34. The molecule has 0 spiro atoms. The first-order valence-electron chi connectivity index (χ1n) is 7.80. The van der Waals surface area contributed by atoms with Crippen molar-refractivity contribution in [1.82, 2.24) is 0 Å². The Morgan fingerprint density at radius 2 is 1.95 bits per heavy atom. The van der Waals surface area contributed by atoms with E-state index >= 15 is 0 Å². The Hall–Kier alpha value is -1.16. The standard InChI is InChI=1S/C17H27NO2S/c1-4-6-8-14-10-15(21-12-13(3)19)11-16(17(14)20)18-9-7-5-2/h10-11,18,20H,4-9,12H2,1-3H3. The first-order valence-corrected chi connectivity index (χ1v) is 8.79. The Labute approximate surface area is 132 Å². The van der Waals surface area contributed by atoms with E-state index in [-0.39, 0.29) is 5.78 Å². The molecule has 0 fully saturated rings. The van der Waals surface area contributed by atoms with Crippen molar-refractivity contribution in [2.45, 2.75) is 57.8 Å². The lowest BCUT2D eigenvalue weighted by Crippen LogP contribution is -2.03. The number of unbranched alkanes of at least 4 members (excludes halogenated alkanes) is 2. The van der Waals surface area contributed by atoms with Gasteiger partial charge in [0.1, 0.15) is 11.5 Å². The topological polar surface area (TPSA) is 49.3 Å². The number of carbonyl (C=O) groups is 1. The minimum atomic E-state index is 0.170. The molecule has 0 saturated carbocycles. The molecular formula is C17H27NO2S. The molecule has 0 atom stereocenters. The summed E-state index contributed by atoms with van der Waals surface area (Å²) in [5.74, 6) is 1.02. The summed E-state index contributed by atoms with van der Waals surface area (Å²) >= 11 is 1.54. The van der Waals surface area contributed by atoms with Gasteiger partial charge in [-0.05, 0) is 43.9 Å². The molecule has 21 heavy (non-hydrogen) atoms. The van der Waals surface area contributed by atoms with Gasteiger partial charge in [0.25, 0.3) is 0 Å². The van der Waals surface area contributed by atoms with Crippen LogP contribution < -0.4 is 5.32 Å². The molecule has 4 heteroatoms. The Morgan fingerprint density at radius 1 is 1.24 bits per heavy atom. The van der Waals surface area contributed by atoms with E-state index in [1.165, 1.54) is 11.8 Å². The van der Waals surface area contributed by atoms with Gasteiger partial charge in [0, 0.05) is 11.4 Å². The van der Waals surface area contributed by atoms with Gasteiger partial charge in [0.2, 0.25) is 0 Å². The lowest BCUT2D eigenvalue weighted by atomic mass is 10.1. The number of rotatable bonds is 10. The van der Waals surface area contributed by atoms with E-state index in [0.29, 0.717) is 11.5 Å². The highest BCUT2D eigenvalue weighted by Gasteiger charge is 2.10. The van der Waals surface area contributed by atoms with Crippen LogP contribution >= 0.6 is 11.8 Å². The van der Waals surface area contributed by atoms with Gasteiger partial charge in [0.15, 0.2) is 0 Å². The predicted molar refractivity (Wildman–Crippen MR) is 91.5 cm³/mol. The highest BCUT2D eigenvalue weighted by molar-refractivity contribution is 8.00. The van der Waals surface area contributed by atoms with Crippen LogP contribution in [0.1, 0.15) is 52.0 Å². The number of phenolic OH excluding ortho intramolecular Hbond substituents is 1. The van der Waals surface area contributed by atoms with Crippen molar-refractivity contribution in [1.29, 1.82) is 0 Å². The summed E-state index contributed by atoms with van der Waals surface area (Å²) in [5, 5.41) is 13.7. The van der Waals surface area contributed by atoms with Crippen LogP contribution in [0.15, 0.2) is 17.0 Å². The van der Waals surface area contributed by atoms with Crippen LogP contribution in [-0.2, 0) is 11.2 Å². The number of benzene rings is 1. The van der Waals surface area contributed by atoms with Crippen molar-refractivity contribution in [3.63, 3.8) is 0 Å². The Kier molecular flexibility index (Phi) is 8.28. The summed E-state index contributed by atoms with van der Waals surface area (Å²) in [4.78, 5) is 12.2. The summed E-state index contributed by atoms with van der Waals surface area (Å²) in [6.45, 7) is 6.75. The number of hydrogen-bond donors (Lipinski definition) is 2. The third kappa shape index (κ3) is 6.42. The first kappa shape index (κ1) is 17.9. The number of anilines is 1. The largest absolute Gasteiger partial charge is 0.505 e. The summed E-state index contributed by atoms with van der Waals surface area (Å²) < 4.78 is 0. The zero-order valence-corrected chi connectivity index (χ0v) is 14.2. The summed E-state index contributed by atoms with van der Waals surface area (Å²) in [6.07, 6.45) is 5.23.